The number of rotatable bonds is 31. The van der Waals surface area contributed by atoms with Crippen LogP contribution in [0.3, 0.4) is 0 Å². The van der Waals surface area contributed by atoms with Crippen LogP contribution >= 0.6 is 7.82 Å². The van der Waals surface area contributed by atoms with Gasteiger partial charge in [0.05, 0.1) is 46.2 Å². The Labute approximate surface area is 272 Å². The number of hydrogen-bond acceptors (Lipinski definition) is 6. The first-order chi connectivity index (χ1) is 22.0. The molecule has 0 spiro atoms. The van der Waals surface area contributed by atoms with Gasteiger partial charge in [0.1, 0.15) is 11.9 Å². The maximum Gasteiger partial charge on any atom is 0.469 e. The van der Waals surface area contributed by atoms with Crippen LogP contribution in [0.2, 0.25) is 0 Å². The van der Waals surface area contributed by atoms with E-state index in [0.29, 0.717) is 33.0 Å². The van der Waals surface area contributed by atoms with Crippen molar-refractivity contribution in [3.05, 3.63) is 42.5 Å². The fraction of sp³-hybridized carbons (Fsp3) is 0.722. The van der Waals surface area contributed by atoms with Gasteiger partial charge in [0.15, 0.2) is 0 Å². The molecule has 0 saturated heterocycles. The summed E-state index contributed by atoms with van der Waals surface area (Å²) < 4.78 is 38.2. The Morgan fingerprint density at radius 2 is 1.09 bits per heavy atom. The predicted octanol–water partition coefficient (Wildman–Crippen LogP) is 9.40. The standard InChI is InChI=1S/C36H61O8P/c1-2-3-4-5-6-7-8-9-10-11-12-13-14-15-16-17-23-34(44-36-25-20-22-33-21-18-19-24-35(33)36)32-42-29-28-40-26-27-41-30-31-43-45(37,38)39/h18-22,24-25,34H,2-17,23,26-32H2,1H3,(H2,37,38,39). The molecule has 0 amide bonds. The smallest absolute Gasteiger partial charge is 0.469 e. The molecule has 0 bridgehead atoms. The van der Waals surface area contributed by atoms with Gasteiger partial charge in [-0.15, -0.1) is 0 Å². The zero-order valence-electron chi connectivity index (χ0n) is 27.9. The molecule has 0 saturated carbocycles. The van der Waals surface area contributed by atoms with Crippen molar-refractivity contribution in [1.29, 1.82) is 0 Å². The van der Waals surface area contributed by atoms with Gasteiger partial charge < -0.3 is 28.7 Å². The summed E-state index contributed by atoms with van der Waals surface area (Å²) in [7, 11) is -4.44. The fourth-order valence-corrected chi connectivity index (χ4v) is 5.76. The number of phosphoric acid groups is 1. The van der Waals surface area contributed by atoms with E-state index in [1.54, 1.807) is 0 Å². The Kier molecular flexibility index (Phi) is 23.4. The van der Waals surface area contributed by atoms with Crippen LogP contribution in [0.1, 0.15) is 116 Å². The van der Waals surface area contributed by atoms with Crippen molar-refractivity contribution >= 4 is 18.6 Å². The van der Waals surface area contributed by atoms with Gasteiger partial charge in [0, 0.05) is 5.39 Å². The van der Waals surface area contributed by atoms with Gasteiger partial charge in [-0.25, -0.2) is 4.57 Å². The second-order valence-electron chi connectivity index (χ2n) is 11.9. The monoisotopic (exact) mass is 652 g/mol. The Balaban J connectivity index is 1.57. The van der Waals surface area contributed by atoms with Crippen molar-refractivity contribution in [3.63, 3.8) is 0 Å². The molecular formula is C36H61O8P. The maximum atomic E-state index is 10.6. The first-order valence-corrected chi connectivity index (χ1v) is 19.1. The largest absolute Gasteiger partial charge is 0.487 e. The van der Waals surface area contributed by atoms with Crippen molar-refractivity contribution in [2.45, 2.75) is 122 Å². The SMILES string of the molecule is CCCCCCCCCCCCCCCCCCC(COCCOCCOCCOP(=O)(O)O)Oc1cccc2ccccc12. The van der Waals surface area contributed by atoms with Crippen LogP contribution in [0.4, 0.5) is 0 Å². The normalized spacial score (nSPS) is 12.6. The van der Waals surface area contributed by atoms with Crippen LogP contribution in [0.15, 0.2) is 42.5 Å². The van der Waals surface area contributed by atoms with Crippen molar-refractivity contribution in [2.75, 3.05) is 46.2 Å². The molecule has 2 rings (SSSR count). The number of unbranched alkanes of at least 4 members (excludes halogenated alkanes) is 15. The molecule has 1 atom stereocenters. The molecule has 2 aromatic carbocycles. The van der Waals surface area contributed by atoms with Crippen LogP contribution in [0, 0.1) is 0 Å². The van der Waals surface area contributed by atoms with Crippen LogP contribution in [-0.2, 0) is 23.3 Å². The minimum absolute atomic E-state index is 0.0280. The van der Waals surface area contributed by atoms with E-state index in [0.717, 1.165) is 24.0 Å². The minimum Gasteiger partial charge on any atom is -0.487 e. The predicted molar refractivity (Wildman–Crippen MR) is 183 cm³/mol. The molecule has 0 aliphatic rings. The summed E-state index contributed by atoms with van der Waals surface area (Å²) in [5.74, 6) is 0.898. The lowest BCUT2D eigenvalue weighted by molar-refractivity contribution is -0.00935. The maximum absolute atomic E-state index is 10.6. The summed E-state index contributed by atoms with van der Waals surface area (Å²) in [6.45, 7) is 4.29. The van der Waals surface area contributed by atoms with Crippen molar-refractivity contribution in [3.8, 4) is 5.75 Å². The molecule has 45 heavy (non-hydrogen) atoms. The number of fused-ring (bicyclic) bond motifs is 1. The van der Waals surface area contributed by atoms with Gasteiger partial charge >= 0.3 is 7.82 Å². The summed E-state index contributed by atoms with van der Waals surface area (Å²) in [4.78, 5) is 17.3. The zero-order chi connectivity index (χ0) is 32.3. The van der Waals surface area contributed by atoms with E-state index in [-0.39, 0.29) is 19.3 Å². The highest BCUT2D eigenvalue weighted by atomic mass is 31.2. The number of hydrogen-bond donors (Lipinski definition) is 2. The van der Waals surface area contributed by atoms with Crippen molar-refractivity contribution in [1.82, 2.24) is 0 Å². The van der Waals surface area contributed by atoms with Gasteiger partial charge in [-0.1, -0.05) is 140 Å². The number of phosphoric ester groups is 1. The van der Waals surface area contributed by atoms with Gasteiger partial charge in [0.25, 0.3) is 0 Å². The third kappa shape index (κ3) is 21.8. The zero-order valence-corrected chi connectivity index (χ0v) is 28.8. The van der Waals surface area contributed by atoms with Crippen LogP contribution in [-0.4, -0.2) is 62.1 Å². The summed E-state index contributed by atoms with van der Waals surface area (Å²) in [5, 5.41) is 2.28. The highest BCUT2D eigenvalue weighted by molar-refractivity contribution is 7.46. The first-order valence-electron chi connectivity index (χ1n) is 17.6. The van der Waals surface area contributed by atoms with Crippen molar-refractivity contribution < 1.29 is 37.8 Å². The molecule has 0 aliphatic carbocycles. The average molecular weight is 653 g/mol. The second-order valence-corrected chi connectivity index (χ2v) is 13.2. The van der Waals surface area contributed by atoms with Gasteiger partial charge in [-0.05, 0) is 24.3 Å². The summed E-state index contributed by atoms with van der Waals surface area (Å²) in [6.07, 6.45) is 22.6. The van der Waals surface area contributed by atoms with E-state index in [2.05, 4.69) is 29.6 Å². The quantitative estimate of drug-likeness (QED) is 0.0613. The van der Waals surface area contributed by atoms with Crippen molar-refractivity contribution in [2.24, 2.45) is 0 Å². The molecule has 0 aromatic heterocycles. The highest BCUT2D eigenvalue weighted by Crippen LogP contribution is 2.35. The van der Waals surface area contributed by atoms with E-state index in [1.165, 1.54) is 102 Å². The van der Waals surface area contributed by atoms with Gasteiger partial charge in [-0.2, -0.15) is 0 Å². The Morgan fingerprint density at radius 1 is 0.600 bits per heavy atom. The number of ether oxygens (including phenoxy) is 4. The molecule has 2 N–H and O–H groups in total. The molecule has 0 aliphatic heterocycles. The Morgan fingerprint density at radius 3 is 1.67 bits per heavy atom. The van der Waals surface area contributed by atoms with E-state index < -0.39 is 7.82 Å². The average Bonchev–Trinajstić information content (AvgIpc) is 3.02. The molecule has 1 unspecified atom stereocenters. The Hall–Kier alpha value is -1.51. The lowest BCUT2D eigenvalue weighted by atomic mass is 10.0. The molecule has 9 heteroatoms. The molecule has 0 heterocycles. The van der Waals surface area contributed by atoms with Crippen LogP contribution in [0.5, 0.6) is 5.75 Å². The van der Waals surface area contributed by atoms with Gasteiger partial charge in [-0.3, -0.25) is 4.52 Å². The second kappa shape index (κ2) is 26.5. The van der Waals surface area contributed by atoms with E-state index in [4.69, 9.17) is 28.7 Å². The summed E-state index contributed by atoms with van der Waals surface area (Å²) in [6, 6.07) is 14.5. The minimum atomic E-state index is -4.44. The summed E-state index contributed by atoms with van der Waals surface area (Å²) in [5.41, 5.74) is 0. The van der Waals surface area contributed by atoms with E-state index in [1.807, 2.05) is 24.3 Å². The molecule has 258 valence electrons. The molecule has 8 nitrogen and oxygen atoms in total. The van der Waals surface area contributed by atoms with Gasteiger partial charge in [0.2, 0.25) is 0 Å². The third-order valence-electron chi connectivity index (χ3n) is 7.96. The fourth-order valence-electron chi connectivity index (χ4n) is 5.44. The number of benzene rings is 2. The Bertz CT molecular complexity index is 1010. The van der Waals surface area contributed by atoms with E-state index in [9.17, 15) is 4.57 Å². The molecule has 0 radical (unpaired) electrons. The lowest BCUT2D eigenvalue weighted by Gasteiger charge is -2.20. The lowest BCUT2D eigenvalue weighted by Crippen LogP contribution is -2.24. The molecular weight excluding hydrogens is 591 g/mol. The molecule has 2 aromatic rings. The van der Waals surface area contributed by atoms with Crippen LogP contribution in [0.25, 0.3) is 10.8 Å². The van der Waals surface area contributed by atoms with E-state index >= 15 is 0 Å². The van der Waals surface area contributed by atoms with Crippen LogP contribution < -0.4 is 4.74 Å². The third-order valence-corrected chi connectivity index (χ3v) is 8.48. The summed E-state index contributed by atoms with van der Waals surface area (Å²) >= 11 is 0. The first kappa shape index (κ1) is 39.7. The topological polar surface area (TPSA) is 104 Å². The molecule has 0 fully saturated rings. The highest BCUT2D eigenvalue weighted by Gasteiger charge is 2.14.